The van der Waals surface area contributed by atoms with Gasteiger partial charge in [-0.1, -0.05) is 46.3 Å². The van der Waals surface area contributed by atoms with Crippen molar-refractivity contribution in [1.29, 1.82) is 0 Å². The maximum absolute atomic E-state index is 9.71. The summed E-state index contributed by atoms with van der Waals surface area (Å²) in [6.07, 6.45) is 1.96. The Bertz CT molecular complexity index is 524. The normalized spacial score (nSPS) is 20.9. The zero-order valence-electron chi connectivity index (χ0n) is 13.0. The van der Waals surface area contributed by atoms with Crippen LogP contribution in [0.2, 0.25) is 0 Å². The molecule has 1 N–H and O–H groups in total. The number of halogens is 1. The van der Waals surface area contributed by atoms with Crippen molar-refractivity contribution in [3.05, 3.63) is 40.9 Å². The summed E-state index contributed by atoms with van der Waals surface area (Å²) < 4.78 is 12.0. The van der Waals surface area contributed by atoms with Crippen LogP contribution < -0.4 is 0 Å². The zero-order valence-corrected chi connectivity index (χ0v) is 14.6. The first-order chi connectivity index (χ1) is 9.80. The summed E-state index contributed by atoms with van der Waals surface area (Å²) in [5, 5.41) is 10.5. The highest BCUT2D eigenvalue weighted by Crippen LogP contribution is 2.38. The molecule has 1 aromatic rings. The van der Waals surface area contributed by atoms with E-state index >= 15 is 0 Å². The van der Waals surface area contributed by atoms with E-state index in [9.17, 15) is 5.11 Å². The maximum Gasteiger partial charge on any atom is 0.492 e. The number of aliphatic hydroxyl groups excluding tert-OH is 1. The number of rotatable bonds is 4. The Labute approximate surface area is 135 Å². The van der Waals surface area contributed by atoms with E-state index in [0.717, 1.165) is 16.4 Å². The average molecular weight is 353 g/mol. The van der Waals surface area contributed by atoms with Crippen molar-refractivity contribution in [3.63, 3.8) is 0 Å². The zero-order chi connectivity index (χ0) is 15.7. The second-order valence-electron chi connectivity index (χ2n) is 6.30. The molecular weight excluding hydrogens is 331 g/mol. The van der Waals surface area contributed by atoms with Gasteiger partial charge in [-0.15, -0.1) is 0 Å². The Balaban J connectivity index is 2.31. The van der Waals surface area contributed by atoms with Gasteiger partial charge in [-0.2, -0.15) is 0 Å². The molecule has 1 aliphatic heterocycles. The molecule has 0 aromatic heterocycles. The van der Waals surface area contributed by atoms with Gasteiger partial charge in [0.15, 0.2) is 0 Å². The number of hydrogen-bond donors (Lipinski definition) is 1. The standard InChI is InChI=1S/C16H22BBrO3/c1-15(2)16(3,4)21-17(20-15)14(11-19)9-12-7-5-6-8-13(12)10-18/h5-9,19H,10-11H2,1-4H3. The smallest absolute Gasteiger partial charge is 0.400 e. The lowest BCUT2D eigenvalue weighted by atomic mass is 9.77. The third-order valence-corrected chi connectivity index (χ3v) is 4.88. The first kappa shape index (κ1) is 16.8. The van der Waals surface area contributed by atoms with Gasteiger partial charge in [0.2, 0.25) is 0 Å². The number of hydrogen-bond acceptors (Lipinski definition) is 3. The molecule has 0 aliphatic carbocycles. The fraction of sp³-hybridized carbons (Fsp3) is 0.500. The first-order valence-corrected chi connectivity index (χ1v) is 8.24. The fourth-order valence-electron chi connectivity index (χ4n) is 2.18. The van der Waals surface area contributed by atoms with Crippen LogP contribution in [0.15, 0.2) is 29.7 Å². The minimum Gasteiger partial charge on any atom is -0.400 e. The van der Waals surface area contributed by atoms with E-state index in [0.29, 0.717) is 0 Å². The molecule has 0 spiro atoms. The predicted molar refractivity (Wildman–Crippen MR) is 90.2 cm³/mol. The molecule has 0 saturated carbocycles. The van der Waals surface area contributed by atoms with Crippen LogP contribution in [0.25, 0.3) is 6.08 Å². The quantitative estimate of drug-likeness (QED) is 0.664. The molecule has 3 nitrogen and oxygen atoms in total. The van der Waals surface area contributed by atoms with E-state index in [4.69, 9.17) is 9.31 Å². The van der Waals surface area contributed by atoms with Crippen LogP contribution in [0, 0.1) is 0 Å². The number of aliphatic hydroxyl groups is 1. The molecule has 1 heterocycles. The van der Waals surface area contributed by atoms with Crippen LogP contribution in [0.3, 0.4) is 0 Å². The molecule has 1 aromatic carbocycles. The average Bonchev–Trinajstić information content (AvgIpc) is 2.65. The third kappa shape index (κ3) is 3.42. The van der Waals surface area contributed by atoms with Gasteiger partial charge < -0.3 is 14.4 Å². The van der Waals surface area contributed by atoms with Crippen LogP contribution in [-0.2, 0) is 14.6 Å². The molecule has 5 heteroatoms. The molecule has 0 atom stereocenters. The van der Waals surface area contributed by atoms with E-state index in [2.05, 4.69) is 22.0 Å². The summed E-state index contributed by atoms with van der Waals surface area (Å²) in [6.45, 7) is 7.94. The molecule has 114 valence electrons. The second kappa shape index (κ2) is 6.25. The van der Waals surface area contributed by atoms with Gasteiger partial charge in [-0.3, -0.25) is 0 Å². The fourth-order valence-corrected chi connectivity index (χ4v) is 2.69. The van der Waals surface area contributed by atoms with E-state index in [1.807, 2.05) is 52.0 Å². The topological polar surface area (TPSA) is 38.7 Å². The molecule has 1 fully saturated rings. The molecule has 0 unspecified atom stereocenters. The molecule has 0 bridgehead atoms. The molecule has 1 saturated heterocycles. The van der Waals surface area contributed by atoms with Crippen LogP contribution in [0.1, 0.15) is 38.8 Å². The summed E-state index contributed by atoms with van der Waals surface area (Å²) >= 11 is 3.49. The lowest BCUT2D eigenvalue weighted by molar-refractivity contribution is 0.00578. The van der Waals surface area contributed by atoms with Crippen molar-refractivity contribution in [3.8, 4) is 0 Å². The highest BCUT2D eigenvalue weighted by molar-refractivity contribution is 9.08. The summed E-state index contributed by atoms with van der Waals surface area (Å²) in [4.78, 5) is 0. The summed E-state index contributed by atoms with van der Waals surface area (Å²) in [6, 6.07) is 8.07. The monoisotopic (exact) mass is 352 g/mol. The summed E-state index contributed by atoms with van der Waals surface area (Å²) in [7, 11) is -0.511. The Morgan fingerprint density at radius 1 is 1.19 bits per heavy atom. The minimum atomic E-state index is -0.511. The van der Waals surface area contributed by atoms with E-state index in [1.54, 1.807) is 0 Å². The van der Waals surface area contributed by atoms with Gasteiger partial charge in [-0.25, -0.2) is 0 Å². The van der Waals surface area contributed by atoms with Crippen molar-refractivity contribution in [2.45, 2.75) is 44.2 Å². The molecular formula is C16H22BBrO3. The maximum atomic E-state index is 9.71. The van der Waals surface area contributed by atoms with Gasteiger partial charge in [0.25, 0.3) is 0 Å². The van der Waals surface area contributed by atoms with Crippen LogP contribution in [0.4, 0.5) is 0 Å². The van der Waals surface area contributed by atoms with E-state index in [-0.39, 0.29) is 6.61 Å². The Kier molecular flexibility index (Phi) is 4.98. The van der Waals surface area contributed by atoms with Crippen LogP contribution in [0.5, 0.6) is 0 Å². The molecule has 1 aliphatic rings. The Morgan fingerprint density at radius 2 is 1.76 bits per heavy atom. The first-order valence-electron chi connectivity index (χ1n) is 7.11. The Hall–Kier alpha value is -0.615. The lowest BCUT2D eigenvalue weighted by Crippen LogP contribution is -2.41. The van der Waals surface area contributed by atoms with Gasteiger partial charge >= 0.3 is 7.12 Å². The van der Waals surface area contributed by atoms with Crippen molar-refractivity contribution in [2.24, 2.45) is 0 Å². The van der Waals surface area contributed by atoms with Crippen molar-refractivity contribution in [1.82, 2.24) is 0 Å². The van der Waals surface area contributed by atoms with Crippen molar-refractivity contribution >= 4 is 29.1 Å². The van der Waals surface area contributed by atoms with Gasteiger partial charge in [0, 0.05) is 5.33 Å². The SMILES string of the molecule is CC1(C)OB(C(=Cc2ccccc2CBr)CO)OC1(C)C. The van der Waals surface area contributed by atoms with E-state index in [1.165, 1.54) is 5.56 Å². The molecule has 0 amide bonds. The molecule has 2 rings (SSSR count). The minimum absolute atomic E-state index is 0.0898. The second-order valence-corrected chi connectivity index (χ2v) is 6.86. The highest BCUT2D eigenvalue weighted by Gasteiger charge is 2.52. The van der Waals surface area contributed by atoms with Crippen LogP contribution in [-0.4, -0.2) is 30.0 Å². The highest BCUT2D eigenvalue weighted by atomic mass is 79.9. The largest absolute Gasteiger partial charge is 0.492 e. The van der Waals surface area contributed by atoms with E-state index < -0.39 is 18.3 Å². The summed E-state index contributed by atoms with van der Waals surface area (Å²) in [5.41, 5.74) is 2.16. The molecule has 0 radical (unpaired) electrons. The predicted octanol–water partition coefficient (Wildman–Crippen LogP) is 3.59. The number of benzene rings is 1. The lowest BCUT2D eigenvalue weighted by Gasteiger charge is -2.32. The Morgan fingerprint density at radius 3 is 2.29 bits per heavy atom. The summed E-state index contributed by atoms with van der Waals surface area (Å²) in [5.74, 6) is 0. The van der Waals surface area contributed by atoms with Crippen LogP contribution >= 0.6 is 15.9 Å². The third-order valence-electron chi connectivity index (χ3n) is 4.28. The van der Waals surface area contributed by atoms with Crippen molar-refractivity contribution < 1.29 is 14.4 Å². The van der Waals surface area contributed by atoms with Gasteiger partial charge in [0.05, 0.1) is 17.8 Å². The number of alkyl halides is 1. The van der Waals surface area contributed by atoms with Gasteiger partial charge in [-0.05, 0) is 44.3 Å². The van der Waals surface area contributed by atoms with Gasteiger partial charge in [0.1, 0.15) is 0 Å². The molecule has 21 heavy (non-hydrogen) atoms. The van der Waals surface area contributed by atoms with Crippen molar-refractivity contribution in [2.75, 3.05) is 6.61 Å².